The fourth-order valence-electron chi connectivity index (χ4n) is 9.81. The van der Waals surface area contributed by atoms with E-state index in [4.69, 9.17) is 14.2 Å². The molecule has 0 spiro atoms. The van der Waals surface area contributed by atoms with Crippen LogP contribution in [0.4, 0.5) is 0 Å². The molecule has 5 atom stereocenters. The third-order valence-electron chi connectivity index (χ3n) is 13.2. The van der Waals surface area contributed by atoms with Crippen LogP contribution in [0.25, 0.3) is 0 Å². The molecular formula is C48H65NO7. The number of benzene rings is 3. The molecule has 8 nitrogen and oxygen atoms in total. The number of fused-ring (bicyclic) bond motifs is 8. The van der Waals surface area contributed by atoms with Gasteiger partial charge in [-0.15, -0.1) is 0 Å². The molecule has 0 saturated heterocycles. The maximum atomic E-state index is 14.5. The number of ketones is 1. The number of Topliss-reactive ketones (excluding diaryl/α,β-unsaturated/α-hetero) is 1. The van der Waals surface area contributed by atoms with Crippen molar-refractivity contribution >= 4 is 5.78 Å². The van der Waals surface area contributed by atoms with Gasteiger partial charge in [0.2, 0.25) is 0 Å². The number of nitrogens with zero attached hydrogens (tertiary/aromatic N) is 1. The van der Waals surface area contributed by atoms with E-state index in [9.17, 15) is 20.1 Å². The van der Waals surface area contributed by atoms with E-state index >= 15 is 0 Å². The van der Waals surface area contributed by atoms with E-state index in [0.29, 0.717) is 50.5 Å². The van der Waals surface area contributed by atoms with E-state index in [1.807, 2.05) is 48.5 Å². The molecule has 4 aliphatic carbocycles. The summed E-state index contributed by atoms with van der Waals surface area (Å²) in [6, 6.07) is 22.1. The second-order valence-corrected chi connectivity index (χ2v) is 17.1. The van der Waals surface area contributed by atoms with Gasteiger partial charge in [-0.1, -0.05) is 86.4 Å². The summed E-state index contributed by atoms with van der Waals surface area (Å²) in [5.41, 5.74) is 4.31. The normalized spacial score (nSPS) is 25.3. The van der Waals surface area contributed by atoms with Gasteiger partial charge < -0.3 is 29.5 Å². The van der Waals surface area contributed by atoms with Crippen LogP contribution >= 0.6 is 0 Å². The van der Waals surface area contributed by atoms with E-state index in [-0.39, 0.29) is 30.8 Å². The van der Waals surface area contributed by atoms with Crippen molar-refractivity contribution in [3.8, 4) is 11.5 Å². The Hall–Kier alpha value is -3.53. The molecule has 2 saturated carbocycles. The minimum atomic E-state index is -1.14. The van der Waals surface area contributed by atoms with Crippen LogP contribution in [0, 0.1) is 11.3 Å². The highest BCUT2D eigenvalue weighted by Gasteiger charge is 2.57. The van der Waals surface area contributed by atoms with Crippen molar-refractivity contribution < 1.29 is 34.3 Å². The fourth-order valence-corrected chi connectivity index (χ4v) is 9.81. The first-order chi connectivity index (χ1) is 27.0. The zero-order valence-electron chi connectivity index (χ0n) is 34.2. The summed E-state index contributed by atoms with van der Waals surface area (Å²) in [7, 11) is 3.28. The number of ether oxygens (including phenoxy) is 3. The molecule has 0 radical (unpaired) electrons. The second kappa shape index (κ2) is 19.3. The van der Waals surface area contributed by atoms with Gasteiger partial charge in [0, 0.05) is 48.2 Å². The number of aliphatic hydroxyl groups excluding tert-OH is 2. The maximum absolute atomic E-state index is 14.5. The number of rotatable bonds is 14. The van der Waals surface area contributed by atoms with E-state index in [1.54, 1.807) is 14.2 Å². The van der Waals surface area contributed by atoms with Crippen molar-refractivity contribution in [3.63, 3.8) is 0 Å². The van der Waals surface area contributed by atoms with Crippen molar-refractivity contribution in [3.05, 3.63) is 106 Å². The lowest BCUT2D eigenvalue weighted by molar-refractivity contribution is -0.0924. The lowest BCUT2D eigenvalue weighted by Crippen LogP contribution is -2.53. The average Bonchev–Trinajstić information content (AvgIpc) is 3.45. The van der Waals surface area contributed by atoms with Crippen LogP contribution in [-0.2, 0) is 24.3 Å². The van der Waals surface area contributed by atoms with Crippen LogP contribution in [0.2, 0.25) is 0 Å². The zero-order valence-corrected chi connectivity index (χ0v) is 34.2. The monoisotopic (exact) mass is 767 g/mol. The topological polar surface area (TPSA) is 109 Å². The first-order valence-corrected chi connectivity index (χ1v) is 21.0. The third kappa shape index (κ3) is 10.1. The van der Waals surface area contributed by atoms with Crippen LogP contribution in [0.15, 0.2) is 78.4 Å². The minimum absolute atomic E-state index is 0.0132. The Kier molecular flexibility index (Phi) is 14.5. The number of methoxy groups -OCH3 is 2. The van der Waals surface area contributed by atoms with Crippen molar-refractivity contribution in [2.75, 3.05) is 33.9 Å². The lowest BCUT2D eigenvalue weighted by Gasteiger charge is -2.46. The number of aliphatic hydroxyl groups is 3. The van der Waals surface area contributed by atoms with E-state index in [0.717, 1.165) is 79.2 Å². The molecule has 8 heteroatoms. The molecule has 2 fully saturated rings. The number of carbonyl (C=O) groups is 1. The standard InChI is InChI=1S/C48H65NO7/c1-34-12-11-24-47(2)44(42-22-18-36(26-39(50)20-17-34)27-43(42)46(52)37-15-9-6-10-16-37)23-25-48(47,53)33-49(29-38-19-21-41(54-3)28-45(38)55-4)30-40(51)32-56-31-35-13-7-5-8-14-35/h5,7-8,12-14,18-19,21-22,27-28,37,39-40,44,50-51,53H,6,9-11,15-17,20,23-26,29-33H2,1-4H3. The molecule has 3 aromatic carbocycles. The predicted octanol–water partition coefficient (Wildman–Crippen LogP) is 8.59. The molecule has 0 amide bonds. The summed E-state index contributed by atoms with van der Waals surface area (Å²) in [4.78, 5) is 16.7. The highest BCUT2D eigenvalue weighted by Crippen LogP contribution is 2.59. The molecule has 4 aliphatic rings. The van der Waals surface area contributed by atoms with E-state index < -0.39 is 23.2 Å². The Balaban J connectivity index is 1.34. The van der Waals surface area contributed by atoms with Gasteiger partial charge in [0.25, 0.3) is 0 Å². The Morgan fingerprint density at radius 1 is 0.946 bits per heavy atom. The molecule has 304 valence electrons. The van der Waals surface area contributed by atoms with Crippen LogP contribution in [-0.4, -0.2) is 77.7 Å². The van der Waals surface area contributed by atoms with E-state index in [1.165, 1.54) is 12.0 Å². The zero-order chi connectivity index (χ0) is 39.7. The van der Waals surface area contributed by atoms with Crippen LogP contribution in [0.3, 0.4) is 0 Å². The maximum Gasteiger partial charge on any atom is 0.166 e. The quantitative estimate of drug-likeness (QED) is 0.111. The SMILES string of the molecule is COc1ccc(CN(CC(O)COCc2ccccc2)CC2(O)CCC3c4ccc(cc4C(=O)C4CCCCC4)CC(O)CCC(C)=CCCC32C)c(OC)c1. The van der Waals surface area contributed by atoms with Crippen molar-refractivity contribution in [2.24, 2.45) is 11.3 Å². The van der Waals surface area contributed by atoms with Crippen LogP contribution in [0.5, 0.6) is 11.5 Å². The van der Waals surface area contributed by atoms with Gasteiger partial charge in [-0.2, -0.15) is 0 Å². The molecule has 56 heavy (non-hydrogen) atoms. The van der Waals surface area contributed by atoms with Crippen molar-refractivity contribution in [1.29, 1.82) is 0 Å². The molecule has 3 N–H and O–H groups in total. The van der Waals surface area contributed by atoms with Gasteiger partial charge in [0.15, 0.2) is 5.78 Å². The third-order valence-corrected chi connectivity index (χ3v) is 13.2. The number of hydrogen-bond donors (Lipinski definition) is 3. The summed E-state index contributed by atoms with van der Waals surface area (Å²) in [6.07, 6.45) is 11.0. The molecule has 7 rings (SSSR count). The Bertz CT molecular complexity index is 1770. The Morgan fingerprint density at radius 2 is 1.73 bits per heavy atom. The first-order valence-electron chi connectivity index (χ1n) is 21.0. The Morgan fingerprint density at radius 3 is 2.48 bits per heavy atom. The van der Waals surface area contributed by atoms with Gasteiger partial charge in [-0.05, 0) is 99.5 Å². The predicted molar refractivity (Wildman–Crippen MR) is 221 cm³/mol. The van der Waals surface area contributed by atoms with Gasteiger partial charge in [-0.25, -0.2) is 0 Å². The molecule has 0 aliphatic heterocycles. The largest absolute Gasteiger partial charge is 0.497 e. The lowest BCUT2D eigenvalue weighted by atomic mass is 9.64. The van der Waals surface area contributed by atoms with Gasteiger partial charge in [0.1, 0.15) is 11.5 Å². The number of hydrogen-bond acceptors (Lipinski definition) is 8. The Labute approximate surface area is 334 Å². The summed E-state index contributed by atoms with van der Waals surface area (Å²) in [5, 5.41) is 35.7. The van der Waals surface area contributed by atoms with Crippen molar-refractivity contribution in [1.82, 2.24) is 4.90 Å². The summed E-state index contributed by atoms with van der Waals surface area (Å²) in [5.74, 6) is 1.56. The molecule has 3 aromatic rings. The highest BCUT2D eigenvalue weighted by atomic mass is 16.5. The number of carbonyl (C=O) groups excluding carboxylic acids is 1. The minimum Gasteiger partial charge on any atom is -0.497 e. The van der Waals surface area contributed by atoms with Crippen molar-refractivity contribution in [2.45, 2.75) is 128 Å². The van der Waals surface area contributed by atoms with E-state index in [2.05, 4.69) is 43.0 Å². The molecule has 0 aromatic heterocycles. The fraction of sp³-hybridized carbons (Fsp3) is 0.562. The summed E-state index contributed by atoms with van der Waals surface area (Å²) in [6.45, 7) is 5.98. The first kappa shape index (κ1) is 42.1. The molecule has 0 heterocycles. The van der Waals surface area contributed by atoms with Gasteiger partial charge in [-0.3, -0.25) is 9.69 Å². The summed E-state index contributed by atoms with van der Waals surface area (Å²) >= 11 is 0. The molecular weight excluding hydrogens is 703 g/mol. The van der Waals surface area contributed by atoms with Crippen LogP contribution < -0.4 is 9.47 Å². The molecule has 2 bridgehead atoms. The average molecular weight is 768 g/mol. The second-order valence-electron chi connectivity index (χ2n) is 17.1. The van der Waals surface area contributed by atoms with Gasteiger partial charge in [0.05, 0.1) is 45.2 Å². The molecule has 5 unspecified atom stereocenters. The smallest absolute Gasteiger partial charge is 0.166 e. The van der Waals surface area contributed by atoms with Gasteiger partial charge >= 0.3 is 0 Å². The summed E-state index contributed by atoms with van der Waals surface area (Å²) < 4.78 is 17.3. The number of allylic oxidation sites excluding steroid dienone is 2. The van der Waals surface area contributed by atoms with Crippen LogP contribution in [0.1, 0.15) is 123 Å². The highest BCUT2D eigenvalue weighted by molar-refractivity contribution is 5.99.